The van der Waals surface area contributed by atoms with E-state index in [1.165, 1.54) is 0 Å². The first kappa shape index (κ1) is 17.8. The van der Waals surface area contributed by atoms with Crippen molar-refractivity contribution < 1.29 is 19.0 Å². The molecule has 0 aromatic heterocycles. The molecule has 26 heavy (non-hydrogen) atoms. The fraction of sp³-hybridized carbons (Fsp3) is 0.227. The van der Waals surface area contributed by atoms with Crippen molar-refractivity contribution >= 4 is 16.7 Å². The minimum atomic E-state index is -0.215. The second kappa shape index (κ2) is 8.39. The average Bonchev–Trinajstić information content (AvgIpc) is 2.70. The smallest absolute Gasteiger partial charge is 0.306 e. The van der Waals surface area contributed by atoms with E-state index in [-0.39, 0.29) is 12.6 Å². The van der Waals surface area contributed by atoms with Crippen LogP contribution in [0.2, 0.25) is 0 Å². The predicted octanol–water partition coefficient (Wildman–Crippen LogP) is 4.53. The number of carbonyl (C=O) groups excluding carboxylic acids is 1. The third-order valence-corrected chi connectivity index (χ3v) is 4.33. The number of fused-ring (bicyclic) bond motifs is 1. The lowest BCUT2D eigenvalue weighted by Gasteiger charge is -2.10. The van der Waals surface area contributed by atoms with E-state index >= 15 is 0 Å². The molecule has 0 aliphatic carbocycles. The van der Waals surface area contributed by atoms with Crippen LogP contribution in [0.1, 0.15) is 17.5 Å². The maximum Gasteiger partial charge on any atom is 0.306 e. The first-order valence-corrected chi connectivity index (χ1v) is 8.54. The molecule has 4 nitrogen and oxygen atoms in total. The Labute approximate surface area is 153 Å². The molecule has 0 atom stereocenters. The normalized spacial score (nSPS) is 10.5. The van der Waals surface area contributed by atoms with E-state index in [9.17, 15) is 4.79 Å². The SMILES string of the molecule is COc1ccc(CCC(=O)OCc2cccc3ccccc23)cc1OC. The number of rotatable bonds is 7. The number of hydrogen-bond acceptors (Lipinski definition) is 4. The first-order valence-electron chi connectivity index (χ1n) is 8.54. The minimum absolute atomic E-state index is 0.215. The van der Waals surface area contributed by atoms with Gasteiger partial charge in [0.1, 0.15) is 6.61 Å². The van der Waals surface area contributed by atoms with Crippen molar-refractivity contribution in [3.63, 3.8) is 0 Å². The Morgan fingerprint density at radius 3 is 2.46 bits per heavy atom. The van der Waals surface area contributed by atoms with Gasteiger partial charge in [0.15, 0.2) is 11.5 Å². The number of ether oxygens (including phenoxy) is 3. The van der Waals surface area contributed by atoms with Crippen LogP contribution in [0.5, 0.6) is 11.5 Å². The van der Waals surface area contributed by atoms with Gasteiger partial charge >= 0.3 is 5.97 Å². The molecule has 0 aliphatic heterocycles. The van der Waals surface area contributed by atoms with Gasteiger partial charge in [0.05, 0.1) is 14.2 Å². The van der Waals surface area contributed by atoms with Crippen molar-refractivity contribution in [2.75, 3.05) is 14.2 Å². The molecule has 3 rings (SSSR count). The monoisotopic (exact) mass is 350 g/mol. The summed E-state index contributed by atoms with van der Waals surface area (Å²) in [6, 6.07) is 19.8. The fourth-order valence-corrected chi connectivity index (χ4v) is 2.93. The van der Waals surface area contributed by atoms with E-state index in [1.54, 1.807) is 14.2 Å². The minimum Gasteiger partial charge on any atom is -0.493 e. The molecule has 0 bridgehead atoms. The standard InChI is InChI=1S/C22H22O4/c1-24-20-12-10-16(14-21(20)25-2)11-13-22(23)26-15-18-8-5-7-17-6-3-4-9-19(17)18/h3-10,12,14H,11,13,15H2,1-2H3. The molecule has 0 amide bonds. The third-order valence-electron chi connectivity index (χ3n) is 4.33. The van der Waals surface area contributed by atoms with Crippen LogP contribution in [0.4, 0.5) is 0 Å². The molecule has 0 saturated heterocycles. The van der Waals surface area contributed by atoms with E-state index in [1.807, 2.05) is 48.5 Å². The molecule has 0 N–H and O–H groups in total. The van der Waals surface area contributed by atoms with E-state index < -0.39 is 0 Å². The molecular weight excluding hydrogens is 328 g/mol. The zero-order chi connectivity index (χ0) is 18.4. The summed E-state index contributed by atoms with van der Waals surface area (Å²) < 4.78 is 16.0. The number of aryl methyl sites for hydroxylation is 1. The summed E-state index contributed by atoms with van der Waals surface area (Å²) in [4.78, 5) is 12.1. The topological polar surface area (TPSA) is 44.8 Å². The van der Waals surface area contributed by atoms with E-state index in [0.717, 1.165) is 21.9 Å². The van der Waals surface area contributed by atoms with Crippen molar-refractivity contribution in [3.8, 4) is 11.5 Å². The Morgan fingerprint density at radius 1 is 0.885 bits per heavy atom. The molecule has 0 unspecified atom stereocenters. The molecule has 0 saturated carbocycles. The lowest BCUT2D eigenvalue weighted by molar-refractivity contribution is -0.144. The summed E-state index contributed by atoms with van der Waals surface area (Å²) in [5.41, 5.74) is 2.02. The van der Waals surface area contributed by atoms with Crippen molar-refractivity contribution in [1.82, 2.24) is 0 Å². The molecule has 0 aliphatic rings. The van der Waals surface area contributed by atoms with Gasteiger partial charge in [-0.25, -0.2) is 0 Å². The summed E-state index contributed by atoms with van der Waals surface area (Å²) in [5, 5.41) is 2.26. The van der Waals surface area contributed by atoms with Crippen molar-refractivity contribution in [2.45, 2.75) is 19.4 Å². The number of hydrogen-bond donors (Lipinski definition) is 0. The van der Waals surface area contributed by atoms with E-state index in [4.69, 9.17) is 14.2 Å². The summed E-state index contributed by atoms with van der Waals surface area (Å²) in [5.74, 6) is 1.12. The van der Waals surface area contributed by atoms with Gasteiger partial charge < -0.3 is 14.2 Å². The molecule has 4 heteroatoms. The Hall–Kier alpha value is -3.01. The highest BCUT2D eigenvalue weighted by Gasteiger charge is 2.09. The summed E-state index contributed by atoms with van der Waals surface area (Å²) in [7, 11) is 3.20. The van der Waals surface area contributed by atoms with Gasteiger partial charge in [0, 0.05) is 6.42 Å². The van der Waals surface area contributed by atoms with Crippen LogP contribution in [0.3, 0.4) is 0 Å². The van der Waals surface area contributed by atoms with Crippen LogP contribution in [0.25, 0.3) is 10.8 Å². The van der Waals surface area contributed by atoms with Gasteiger partial charge in [-0.05, 0) is 40.5 Å². The summed E-state index contributed by atoms with van der Waals surface area (Å²) in [6.45, 7) is 0.284. The van der Waals surface area contributed by atoms with Gasteiger partial charge in [0.2, 0.25) is 0 Å². The highest BCUT2D eigenvalue weighted by Crippen LogP contribution is 2.28. The maximum absolute atomic E-state index is 12.1. The molecule has 0 heterocycles. The highest BCUT2D eigenvalue weighted by atomic mass is 16.5. The lowest BCUT2D eigenvalue weighted by atomic mass is 10.1. The second-order valence-electron chi connectivity index (χ2n) is 5.99. The Bertz CT molecular complexity index is 896. The van der Waals surface area contributed by atoms with E-state index in [0.29, 0.717) is 24.3 Å². The molecule has 3 aromatic carbocycles. The van der Waals surface area contributed by atoms with Crippen LogP contribution >= 0.6 is 0 Å². The van der Waals surface area contributed by atoms with Gasteiger partial charge in [-0.2, -0.15) is 0 Å². The van der Waals surface area contributed by atoms with Gasteiger partial charge in [0.25, 0.3) is 0 Å². The quantitative estimate of drug-likeness (QED) is 0.587. The van der Waals surface area contributed by atoms with Crippen LogP contribution in [0, 0.1) is 0 Å². The zero-order valence-corrected chi connectivity index (χ0v) is 15.0. The largest absolute Gasteiger partial charge is 0.493 e. The fourth-order valence-electron chi connectivity index (χ4n) is 2.93. The highest BCUT2D eigenvalue weighted by molar-refractivity contribution is 5.85. The third kappa shape index (κ3) is 4.14. The molecule has 134 valence electrons. The number of benzene rings is 3. The molecular formula is C22H22O4. The number of methoxy groups -OCH3 is 2. The van der Waals surface area contributed by atoms with Crippen molar-refractivity contribution in [1.29, 1.82) is 0 Å². The van der Waals surface area contributed by atoms with Crippen molar-refractivity contribution in [3.05, 3.63) is 71.8 Å². The van der Waals surface area contributed by atoms with Crippen molar-refractivity contribution in [2.24, 2.45) is 0 Å². The maximum atomic E-state index is 12.1. The zero-order valence-electron chi connectivity index (χ0n) is 15.0. The predicted molar refractivity (Wildman–Crippen MR) is 102 cm³/mol. The second-order valence-corrected chi connectivity index (χ2v) is 5.99. The van der Waals surface area contributed by atoms with Gasteiger partial charge in [-0.1, -0.05) is 48.5 Å². The Morgan fingerprint density at radius 2 is 1.65 bits per heavy atom. The van der Waals surface area contributed by atoms with E-state index in [2.05, 4.69) is 12.1 Å². The molecule has 0 fully saturated rings. The summed E-state index contributed by atoms with van der Waals surface area (Å²) in [6.07, 6.45) is 0.912. The molecule has 0 radical (unpaired) electrons. The van der Waals surface area contributed by atoms with Crippen LogP contribution in [-0.4, -0.2) is 20.2 Å². The van der Waals surface area contributed by atoms with Gasteiger partial charge in [-0.3, -0.25) is 4.79 Å². The summed E-state index contributed by atoms with van der Waals surface area (Å²) >= 11 is 0. The molecule has 0 spiro atoms. The first-order chi connectivity index (χ1) is 12.7. The number of carbonyl (C=O) groups is 1. The average molecular weight is 350 g/mol. The number of esters is 1. The Balaban J connectivity index is 1.58. The Kier molecular flexibility index (Phi) is 5.74. The van der Waals surface area contributed by atoms with Crippen LogP contribution in [0.15, 0.2) is 60.7 Å². The lowest BCUT2D eigenvalue weighted by Crippen LogP contribution is -2.06. The van der Waals surface area contributed by atoms with Crippen LogP contribution < -0.4 is 9.47 Å². The van der Waals surface area contributed by atoms with Gasteiger partial charge in [-0.15, -0.1) is 0 Å². The molecule has 3 aromatic rings. The van der Waals surface area contributed by atoms with Crippen LogP contribution in [-0.2, 0) is 22.6 Å².